The number of para-hydroxylation sites is 1. The van der Waals surface area contributed by atoms with E-state index in [1.165, 1.54) is 5.39 Å². The molecule has 1 aromatic carbocycles. The summed E-state index contributed by atoms with van der Waals surface area (Å²) in [5.41, 5.74) is 1.05. The highest BCUT2D eigenvalue weighted by molar-refractivity contribution is 9.10. The molecule has 24 heavy (non-hydrogen) atoms. The van der Waals surface area contributed by atoms with Gasteiger partial charge in [0.2, 0.25) is 5.88 Å². The Labute approximate surface area is 149 Å². The summed E-state index contributed by atoms with van der Waals surface area (Å²) in [6.07, 6.45) is 3.90. The lowest BCUT2D eigenvalue weighted by Gasteiger charge is -2.32. The fourth-order valence-electron chi connectivity index (χ4n) is 3.05. The van der Waals surface area contributed by atoms with Crippen LogP contribution in [0.5, 0.6) is 5.88 Å². The lowest BCUT2D eigenvalue weighted by atomic mass is 10.1. The molecule has 1 saturated heterocycles. The van der Waals surface area contributed by atoms with Gasteiger partial charge in [0.05, 0.1) is 9.99 Å². The molecule has 4 rings (SSSR count). The summed E-state index contributed by atoms with van der Waals surface area (Å²) in [5.74, 6) is 1.73. The third kappa shape index (κ3) is 3.22. The quantitative estimate of drug-likeness (QED) is 0.669. The monoisotopic (exact) mass is 383 g/mol. The van der Waals surface area contributed by atoms with Crippen molar-refractivity contribution in [1.82, 2.24) is 9.97 Å². The molecule has 0 bridgehead atoms. The third-order valence-electron chi connectivity index (χ3n) is 4.35. The van der Waals surface area contributed by atoms with Gasteiger partial charge >= 0.3 is 0 Å². The van der Waals surface area contributed by atoms with Crippen molar-refractivity contribution in [1.29, 1.82) is 0 Å². The number of rotatable bonds is 3. The summed E-state index contributed by atoms with van der Waals surface area (Å²) in [6.45, 7) is 1.89. The largest absolute Gasteiger partial charge is 0.473 e. The Morgan fingerprint density at radius 2 is 1.83 bits per heavy atom. The Morgan fingerprint density at radius 3 is 2.67 bits per heavy atom. The molecule has 0 amide bonds. The molecule has 0 atom stereocenters. The van der Waals surface area contributed by atoms with Crippen LogP contribution in [-0.4, -0.2) is 29.2 Å². The molecular formula is C19H18BrN3O. The molecule has 0 spiro atoms. The second-order valence-electron chi connectivity index (χ2n) is 5.96. The molecule has 0 aliphatic carbocycles. The summed E-state index contributed by atoms with van der Waals surface area (Å²) >= 11 is 3.49. The number of fused-ring (bicyclic) bond motifs is 1. The number of aromatic nitrogens is 2. The van der Waals surface area contributed by atoms with Gasteiger partial charge in [-0.1, -0.05) is 18.2 Å². The van der Waals surface area contributed by atoms with Crippen molar-refractivity contribution >= 4 is 32.7 Å². The summed E-state index contributed by atoms with van der Waals surface area (Å²) in [6, 6.07) is 16.3. The van der Waals surface area contributed by atoms with E-state index in [-0.39, 0.29) is 6.10 Å². The Bertz CT molecular complexity index is 847. The number of ether oxygens (including phenoxy) is 1. The zero-order valence-electron chi connectivity index (χ0n) is 13.2. The van der Waals surface area contributed by atoms with Crippen LogP contribution >= 0.6 is 15.9 Å². The molecule has 5 heteroatoms. The molecular weight excluding hydrogens is 366 g/mol. The van der Waals surface area contributed by atoms with Gasteiger partial charge in [0, 0.05) is 37.5 Å². The zero-order valence-corrected chi connectivity index (χ0v) is 14.8. The van der Waals surface area contributed by atoms with E-state index >= 15 is 0 Å². The van der Waals surface area contributed by atoms with Gasteiger partial charge in [-0.15, -0.1) is 0 Å². The first-order valence-corrected chi connectivity index (χ1v) is 8.97. The van der Waals surface area contributed by atoms with Crippen molar-refractivity contribution in [2.45, 2.75) is 18.9 Å². The maximum Gasteiger partial charge on any atom is 0.228 e. The van der Waals surface area contributed by atoms with E-state index in [4.69, 9.17) is 9.72 Å². The van der Waals surface area contributed by atoms with Crippen molar-refractivity contribution < 1.29 is 4.74 Å². The predicted octanol–water partition coefficient (Wildman–Crippen LogP) is 4.44. The molecule has 122 valence electrons. The van der Waals surface area contributed by atoms with Gasteiger partial charge in [0.15, 0.2) is 0 Å². The van der Waals surface area contributed by atoms with Crippen molar-refractivity contribution in [2.24, 2.45) is 0 Å². The number of hydrogen-bond acceptors (Lipinski definition) is 4. The molecule has 0 N–H and O–H groups in total. The van der Waals surface area contributed by atoms with Crippen LogP contribution < -0.4 is 9.64 Å². The average molecular weight is 384 g/mol. The molecule has 3 heterocycles. The summed E-state index contributed by atoms with van der Waals surface area (Å²) in [7, 11) is 0. The molecule has 0 radical (unpaired) electrons. The lowest BCUT2D eigenvalue weighted by molar-refractivity contribution is 0.162. The van der Waals surface area contributed by atoms with Crippen LogP contribution in [0.3, 0.4) is 0 Å². The highest BCUT2D eigenvalue weighted by Crippen LogP contribution is 2.26. The average Bonchev–Trinajstić information content (AvgIpc) is 2.64. The van der Waals surface area contributed by atoms with Crippen LogP contribution in [0, 0.1) is 0 Å². The van der Waals surface area contributed by atoms with Crippen LogP contribution in [-0.2, 0) is 0 Å². The van der Waals surface area contributed by atoms with Gasteiger partial charge in [0.25, 0.3) is 0 Å². The van der Waals surface area contributed by atoms with Crippen LogP contribution in [0.15, 0.2) is 59.2 Å². The fourth-order valence-corrected chi connectivity index (χ4v) is 3.40. The number of benzene rings is 1. The Balaban J connectivity index is 1.42. The molecule has 1 fully saturated rings. The van der Waals surface area contributed by atoms with Gasteiger partial charge in [0.1, 0.15) is 11.9 Å². The second kappa shape index (κ2) is 6.77. The SMILES string of the molecule is Brc1cccnc1OC1CCN(c2ccc3ccccc3n2)CC1. The Hall–Kier alpha value is -2.14. The first-order chi connectivity index (χ1) is 11.8. The second-order valence-corrected chi connectivity index (χ2v) is 6.81. The van der Waals surface area contributed by atoms with Gasteiger partial charge in [-0.2, -0.15) is 0 Å². The van der Waals surface area contributed by atoms with Crippen molar-refractivity contribution in [3.8, 4) is 5.88 Å². The minimum absolute atomic E-state index is 0.202. The van der Waals surface area contributed by atoms with E-state index in [2.05, 4.69) is 50.1 Å². The van der Waals surface area contributed by atoms with Gasteiger partial charge in [-0.3, -0.25) is 0 Å². The van der Waals surface area contributed by atoms with Crippen LogP contribution in [0.25, 0.3) is 10.9 Å². The van der Waals surface area contributed by atoms with E-state index in [9.17, 15) is 0 Å². The van der Waals surface area contributed by atoms with Crippen molar-refractivity contribution in [2.75, 3.05) is 18.0 Å². The zero-order chi connectivity index (χ0) is 16.4. The summed E-state index contributed by atoms with van der Waals surface area (Å²) in [4.78, 5) is 11.4. The van der Waals surface area contributed by atoms with Crippen molar-refractivity contribution in [3.05, 3.63) is 59.2 Å². The third-order valence-corrected chi connectivity index (χ3v) is 4.96. The lowest BCUT2D eigenvalue weighted by Crippen LogP contribution is -2.38. The van der Waals surface area contributed by atoms with Gasteiger partial charge in [-0.05, 0) is 46.3 Å². The normalized spacial score (nSPS) is 15.6. The number of hydrogen-bond donors (Lipinski definition) is 0. The van der Waals surface area contributed by atoms with E-state index in [1.54, 1.807) is 6.20 Å². The number of anilines is 1. The highest BCUT2D eigenvalue weighted by atomic mass is 79.9. The van der Waals surface area contributed by atoms with Crippen LogP contribution in [0.1, 0.15) is 12.8 Å². The standard InChI is InChI=1S/C19H18BrN3O/c20-16-5-3-11-21-19(16)24-15-9-12-23(13-10-15)18-8-7-14-4-1-2-6-17(14)22-18/h1-8,11,15H,9-10,12-13H2. The molecule has 0 saturated carbocycles. The molecule has 4 nitrogen and oxygen atoms in total. The Kier molecular flexibility index (Phi) is 4.34. The molecule has 0 unspecified atom stereocenters. The molecule has 3 aromatic rings. The number of nitrogens with zero attached hydrogens (tertiary/aromatic N) is 3. The topological polar surface area (TPSA) is 38.2 Å². The first-order valence-electron chi connectivity index (χ1n) is 8.17. The summed E-state index contributed by atoms with van der Waals surface area (Å²) in [5, 5.41) is 1.18. The van der Waals surface area contributed by atoms with Crippen molar-refractivity contribution in [3.63, 3.8) is 0 Å². The molecule has 2 aromatic heterocycles. The number of pyridine rings is 2. The van der Waals surface area contributed by atoms with E-state index in [0.29, 0.717) is 5.88 Å². The predicted molar refractivity (Wildman–Crippen MR) is 99.5 cm³/mol. The fraction of sp³-hybridized carbons (Fsp3) is 0.263. The minimum atomic E-state index is 0.202. The molecule has 1 aliphatic rings. The van der Waals surface area contributed by atoms with E-state index in [0.717, 1.165) is 41.7 Å². The maximum atomic E-state index is 6.04. The number of piperidine rings is 1. The van der Waals surface area contributed by atoms with Crippen LogP contribution in [0.2, 0.25) is 0 Å². The smallest absolute Gasteiger partial charge is 0.228 e. The summed E-state index contributed by atoms with van der Waals surface area (Å²) < 4.78 is 6.94. The number of halogens is 1. The highest BCUT2D eigenvalue weighted by Gasteiger charge is 2.22. The minimum Gasteiger partial charge on any atom is -0.473 e. The molecule has 1 aliphatic heterocycles. The van der Waals surface area contributed by atoms with E-state index < -0.39 is 0 Å². The van der Waals surface area contributed by atoms with Gasteiger partial charge < -0.3 is 9.64 Å². The van der Waals surface area contributed by atoms with E-state index in [1.807, 2.05) is 24.3 Å². The maximum absolute atomic E-state index is 6.04. The van der Waals surface area contributed by atoms with Crippen LogP contribution in [0.4, 0.5) is 5.82 Å². The van der Waals surface area contributed by atoms with Gasteiger partial charge in [-0.25, -0.2) is 9.97 Å². The first kappa shape index (κ1) is 15.4. The Morgan fingerprint density at radius 1 is 1.00 bits per heavy atom.